The minimum atomic E-state index is -0.891. The first-order valence-corrected chi connectivity index (χ1v) is 8.32. The lowest BCUT2D eigenvalue weighted by molar-refractivity contribution is -0.145. The molecule has 1 rings (SSSR count). The van der Waals surface area contributed by atoms with Crippen molar-refractivity contribution in [3.63, 3.8) is 0 Å². The van der Waals surface area contributed by atoms with E-state index in [2.05, 4.69) is 5.32 Å². The van der Waals surface area contributed by atoms with Crippen LogP contribution in [0.25, 0.3) is 0 Å². The maximum Gasteiger partial charge on any atom is 0.407 e. The molecule has 0 radical (unpaired) electrons. The highest BCUT2D eigenvalue weighted by atomic mass is 35.5. The molecule has 1 aromatic carbocycles. The van der Waals surface area contributed by atoms with Crippen LogP contribution in [-0.2, 0) is 14.3 Å². The van der Waals surface area contributed by atoms with Crippen molar-refractivity contribution < 1.29 is 23.9 Å². The van der Waals surface area contributed by atoms with E-state index in [4.69, 9.17) is 32.7 Å². The Morgan fingerprint density at radius 3 is 2.20 bits per heavy atom. The summed E-state index contributed by atoms with van der Waals surface area (Å²) in [7, 11) is 1.20. The molecule has 1 atom stereocenters. The van der Waals surface area contributed by atoms with E-state index in [1.807, 2.05) is 0 Å². The van der Waals surface area contributed by atoms with Crippen LogP contribution >= 0.6 is 23.2 Å². The Hall–Kier alpha value is -1.79. The first-order chi connectivity index (χ1) is 11.5. The van der Waals surface area contributed by atoms with Gasteiger partial charge in [0.05, 0.1) is 28.6 Å². The van der Waals surface area contributed by atoms with Crippen LogP contribution in [0.15, 0.2) is 18.2 Å². The number of alkyl carbamates (subject to hydrolysis) is 1. The standard InChI is InChI=1S/C17H21Cl2NO5/c1-17(2,3)25-16(23)20-9-10(15(22)24-4)8-13(21)14-11(18)6-5-7-12(14)19/h5-7,10H,8-9H2,1-4H3,(H,20,23)/t10-/m0/s1. The van der Waals surface area contributed by atoms with Crippen LogP contribution < -0.4 is 5.32 Å². The fourth-order valence-electron chi connectivity index (χ4n) is 2.02. The number of hydrogen-bond acceptors (Lipinski definition) is 5. The van der Waals surface area contributed by atoms with Crippen LogP contribution in [0, 0.1) is 5.92 Å². The fraction of sp³-hybridized carbons (Fsp3) is 0.471. The van der Waals surface area contributed by atoms with Gasteiger partial charge in [-0.1, -0.05) is 29.3 Å². The topological polar surface area (TPSA) is 81.7 Å². The van der Waals surface area contributed by atoms with E-state index in [-0.39, 0.29) is 28.6 Å². The number of hydrogen-bond donors (Lipinski definition) is 1. The summed E-state index contributed by atoms with van der Waals surface area (Å²) in [5.41, 5.74) is -0.539. The van der Waals surface area contributed by atoms with E-state index in [1.54, 1.807) is 26.8 Å². The summed E-state index contributed by atoms with van der Waals surface area (Å²) in [5, 5.41) is 2.85. The number of nitrogens with one attached hydrogen (secondary N) is 1. The van der Waals surface area contributed by atoms with E-state index < -0.39 is 29.4 Å². The van der Waals surface area contributed by atoms with Crippen molar-refractivity contribution >= 4 is 41.0 Å². The van der Waals surface area contributed by atoms with Gasteiger partial charge < -0.3 is 14.8 Å². The Morgan fingerprint density at radius 2 is 1.72 bits per heavy atom. The molecule has 1 aromatic rings. The number of ether oxygens (including phenoxy) is 2. The highest BCUT2D eigenvalue weighted by Gasteiger charge is 2.27. The third-order valence-corrected chi connectivity index (χ3v) is 3.73. The number of Topliss-reactive ketones (excluding diaryl/α,β-unsaturated/α-hetero) is 1. The summed E-state index contributed by atoms with van der Waals surface area (Å²) in [5.74, 6) is -1.94. The Balaban J connectivity index is 2.82. The number of ketones is 1. The molecule has 1 N–H and O–H groups in total. The number of halogens is 2. The molecule has 0 saturated heterocycles. The number of carbonyl (C=O) groups excluding carboxylic acids is 3. The van der Waals surface area contributed by atoms with E-state index in [0.29, 0.717) is 0 Å². The molecule has 0 fully saturated rings. The first-order valence-electron chi connectivity index (χ1n) is 7.57. The van der Waals surface area contributed by atoms with Gasteiger partial charge in [-0.05, 0) is 32.9 Å². The van der Waals surface area contributed by atoms with Gasteiger partial charge in [-0.2, -0.15) is 0 Å². The quantitative estimate of drug-likeness (QED) is 0.589. The molecule has 8 heteroatoms. The lowest BCUT2D eigenvalue weighted by Gasteiger charge is -2.21. The molecule has 0 saturated carbocycles. The Labute approximate surface area is 156 Å². The summed E-state index contributed by atoms with van der Waals surface area (Å²) >= 11 is 12.0. The summed E-state index contributed by atoms with van der Waals surface area (Å²) in [6, 6.07) is 4.68. The fourth-order valence-corrected chi connectivity index (χ4v) is 2.62. The predicted octanol–water partition coefficient (Wildman–Crippen LogP) is 3.88. The molecular formula is C17H21Cl2NO5. The molecule has 25 heavy (non-hydrogen) atoms. The Kier molecular flexibility index (Phi) is 7.70. The van der Waals surface area contributed by atoms with Gasteiger partial charge in [-0.3, -0.25) is 9.59 Å². The zero-order valence-corrected chi connectivity index (χ0v) is 16.0. The van der Waals surface area contributed by atoms with Gasteiger partial charge in [-0.15, -0.1) is 0 Å². The van der Waals surface area contributed by atoms with Gasteiger partial charge in [0.2, 0.25) is 0 Å². The van der Waals surface area contributed by atoms with E-state index in [9.17, 15) is 14.4 Å². The molecule has 6 nitrogen and oxygen atoms in total. The van der Waals surface area contributed by atoms with Crippen molar-refractivity contribution in [2.45, 2.75) is 32.8 Å². The van der Waals surface area contributed by atoms with Crippen LogP contribution in [0.3, 0.4) is 0 Å². The average molecular weight is 390 g/mol. The highest BCUT2D eigenvalue weighted by Crippen LogP contribution is 2.26. The van der Waals surface area contributed by atoms with E-state index in [1.165, 1.54) is 19.2 Å². The van der Waals surface area contributed by atoms with E-state index >= 15 is 0 Å². The van der Waals surface area contributed by atoms with Crippen molar-refractivity contribution in [1.29, 1.82) is 0 Å². The molecule has 0 unspecified atom stereocenters. The van der Waals surface area contributed by atoms with Crippen LogP contribution in [0.2, 0.25) is 10.0 Å². The maximum absolute atomic E-state index is 12.5. The minimum Gasteiger partial charge on any atom is -0.469 e. The third kappa shape index (κ3) is 6.92. The molecule has 1 amide bonds. The molecule has 0 spiro atoms. The first kappa shape index (κ1) is 21.3. The second kappa shape index (κ2) is 9.06. The normalized spacial score (nSPS) is 12.2. The van der Waals surface area contributed by atoms with Gasteiger partial charge in [0.25, 0.3) is 0 Å². The molecule has 0 aromatic heterocycles. The van der Waals surface area contributed by atoms with Crippen LogP contribution in [0.5, 0.6) is 0 Å². The number of methoxy groups -OCH3 is 1. The lowest BCUT2D eigenvalue weighted by atomic mass is 9.98. The number of esters is 1. The molecule has 0 aliphatic carbocycles. The molecule has 138 valence electrons. The summed E-state index contributed by atoms with van der Waals surface area (Å²) in [6.07, 6.45) is -0.907. The monoisotopic (exact) mass is 389 g/mol. The molecular weight excluding hydrogens is 369 g/mol. The SMILES string of the molecule is COC(=O)[C@H](CNC(=O)OC(C)(C)C)CC(=O)c1c(Cl)cccc1Cl. The van der Waals surface area contributed by atoms with Crippen molar-refractivity contribution in [2.75, 3.05) is 13.7 Å². The molecule has 0 aliphatic heterocycles. The van der Waals surface area contributed by atoms with Crippen LogP contribution in [0.1, 0.15) is 37.6 Å². The second-order valence-corrected chi connectivity index (χ2v) is 7.14. The van der Waals surface area contributed by atoms with Crippen LogP contribution in [0.4, 0.5) is 4.79 Å². The second-order valence-electron chi connectivity index (χ2n) is 6.33. The van der Waals surface area contributed by atoms with Gasteiger partial charge in [0, 0.05) is 13.0 Å². The molecule has 0 aliphatic rings. The predicted molar refractivity (Wildman–Crippen MR) is 95.2 cm³/mol. The van der Waals surface area contributed by atoms with Gasteiger partial charge >= 0.3 is 12.1 Å². The smallest absolute Gasteiger partial charge is 0.407 e. The van der Waals surface area contributed by atoms with Crippen LogP contribution in [-0.4, -0.2) is 37.1 Å². The van der Waals surface area contributed by atoms with Gasteiger partial charge in [0.15, 0.2) is 5.78 Å². The number of carbonyl (C=O) groups is 3. The highest BCUT2D eigenvalue weighted by molar-refractivity contribution is 6.39. The van der Waals surface area contributed by atoms with E-state index in [0.717, 1.165) is 0 Å². The zero-order chi connectivity index (χ0) is 19.2. The number of benzene rings is 1. The Morgan fingerprint density at radius 1 is 1.16 bits per heavy atom. The maximum atomic E-state index is 12.5. The van der Waals surface area contributed by atoms with Crippen molar-refractivity contribution in [3.05, 3.63) is 33.8 Å². The van der Waals surface area contributed by atoms with Crippen molar-refractivity contribution in [1.82, 2.24) is 5.32 Å². The largest absolute Gasteiger partial charge is 0.469 e. The minimum absolute atomic E-state index is 0.116. The lowest BCUT2D eigenvalue weighted by Crippen LogP contribution is -2.38. The average Bonchev–Trinajstić information content (AvgIpc) is 2.48. The summed E-state index contributed by atoms with van der Waals surface area (Å²) in [6.45, 7) is 5.03. The zero-order valence-electron chi connectivity index (χ0n) is 14.5. The van der Waals surface area contributed by atoms with Gasteiger partial charge in [-0.25, -0.2) is 4.79 Å². The summed E-state index contributed by atoms with van der Waals surface area (Å²) in [4.78, 5) is 36.1. The number of rotatable bonds is 6. The van der Waals surface area contributed by atoms with Gasteiger partial charge in [0.1, 0.15) is 5.60 Å². The van der Waals surface area contributed by atoms with Crippen molar-refractivity contribution in [3.8, 4) is 0 Å². The number of amides is 1. The molecule has 0 heterocycles. The molecule has 0 bridgehead atoms. The summed E-state index contributed by atoms with van der Waals surface area (Å²) < 4.78 is 9.79. The third-order valence-electron chi connectivity index (χ3n) is 3.10. The Bertz CT molecular complexity index is 635. The van der Waals surface area contributed by atoms with Crippen molar-refractivity contribution in [2.24, 2.45) is 5.92 Å².